The molecule has 1 rings (SSSR count). The SMILES string of the molecule is CC(C)CNc1cccc(OCCNC(=O)OC(C)(C)C)c1. The molecular formula is C17H28N2O3. The van der Waals surface area contributed by atoms with E-state index < -0.39 is 11.7 Å². The van der Waals surface area contributed by atoms with Crippen molar-refractivity contribution in [2.24, 2.45) is 5.92 Å². The summed E-state index contributed by atoms with van der Waals surface area (Å²) in [4.78, 5) is 11.5. The van der Waals surface area contributed by atoms with E-state index in [-0.39, 0.29) is 0 Å². The summed E-state index contributed by atoms with van der Waals surface area (Å²) in [5.41, 5.74) is 0.549. The summed E-state index contributed by atoms with van der Waals surface area (Å²) in [6.07, 6.45) is -0.427. The Kier molecular flexibility index (Phi) is 7.02. The lowest BCUT2D eigenvalue weighted by molar-refractivity contribution is 0.0520. The Hall–Kier alpha value is -1.91. The Morgan fingerprint density at radius 1 is 1.27 bits per heavy atom. The molecule has 5 heteroatoms. The van der Waals surface area contributed by atoms with E-state index in [9.17, 15) is 4.79 Å². The zero-order valence-corrected chi connectivity index (χ0v) is 14.2. The molecule has 0 bridgehead atoms. The van der Waals surface area contributed by atoms with Crippen molar-refractivity contribution in [2.75, 3.05) is 25.0 Å². The van der Waals surface area contributed by atoms with Crippen LogP contribution in [0.5, 0.6) is 5.75 Å². The minimum absolute atomic E-state index is 0.396. The molecule has 0 aromatic heterocycles. The van der Waals surface area contributed by atoms with E-state index in [1.54, 1.807) is 0 Å². The van der Waals surface area contributed by atoms with E-state index in [2.05, 4.69) is 24.5 Å². The van der Waals surface area contributed by atoms with Crippen LogP contribution in [0.2, 0.25) is 0 Å². The Labute approximate surface area is 133 Å². The highest BCUT2D eigenvalue weighted by atomic mass is 16.6. The summed E-state index contributed by atoms with van der Waals surface area (Å²) in [7, 11) is 0. The van der Waals surface area contributed by atoms with Gasteiger partial charge in [-0.1, -0.05) is 19.9 Å². The van der Waals surface area contributed by atoms with E-state index >= 15 is 0 Å². The Balaban J connectivity index is 2.30. The van der Waals surface area contributed by atoms with Crippen LogP contribution in [0.3, 0.4) is 0 Å². The molecule has 1 aromatic rings. The summed E-state index contributed by atoms with van der Waals surface area (Å²) in [6.45, 7) is 11.5. The van der Waals surface area contributed by atoms with Gasteiger partial charge in [0.15, 0.2) is 0 Å². The van der Waals surface area contributed by atoms with Gasteiger partial charge in [0.2, 0.25) is 0 Å². The van der Waals surface area contributed by atoms with Crippen LogP contribution >= 0.6 is 0 Å². The van der Waals surface area contributed by atoms with E-state index in [1.165, 1.54) is 0 Å². The maximum atomic E-state index is 11.5. The maximum Gasteiger partial charge on any atom is 0.407 e. The topological polar surface area (TPSA) is 59.6 Å². The zero-order chi connectivity index (χ0) is 16.6. The van der Waals surface area contributed by atoms with Crippen LogP contribution in [-0.4, -0.2) is 31.4 Å². The number of nitrogens with one attached hydrogen (secondary N) is 2. The molecule has 0 spiro atoms. The molecule has 0 heterocycles. The standard InChI is InChI=1S/C17H28N2O3/c1-13(2)12-19-14-7-6-8-15(11-14)21-10-9-18-16(20)22-17(3,4)5/h6-8,11,13,19H,9-10,12H2,1-5H3,(H,18,20). The molecule has 0 atom stereocenters. The number of anilines is 1. The second kappa shape index (κ2) is 8.51. The first-order chi connectivity index (χ1) is 10.3. The molecule has 2 N–H and O–H groups in total. The van der Waals surface area contributed by atoms with Crippen LogP contribution in [-0.2, 0) is 4.74 Å². The normalized spacial score (nSPS) is 11.2. The molecule has 0 unspecified atom stereocenters. The molecule has 0 aliphatic carbocycles. The second-order valence-corrected chi connectivity index (χ2v) is 6.58. The molecule has 1 amide bonds. The number of benzene rings is 1. The zero-order valence-electron chi connectivity index (χ0n) is 14.2. The molecule has 5 nitrogen and oxygen atoms in total. The van der Waals surface area contributed by atoms with Crippen LogP contribution in [0.1, 0.15) is 34.6 Å². The highest BCUT2D eigenvalue weighted by molar-refractivity contribution is 5.67. The molecule has 22 heavy (non-hydrogen) atoms. The first kappa shape index (κ1) is 18.1. The summed E-state index contributed by atoms with van der Waals surface area (Å²) in [5, 5.41) is 6.01. The highest BCUT2D eigenvalue weighted by Gasteiger charge is 2.15. The molecule has 0 fully saturated rings. The third kappa shape index (κ3) is 8.39. The molecule has 124 valence electrons. The fourth-order valence-electron chi connectivity index (χ4n) is 1.65. The number of alkyl carbamates (subject to hydrolysis) is 1. The number of carbonyl (C=O) groups is 1. The molecule has 0 aliphatic heterocycles. The fourth-order valence-corrected chi connectivity index (χ4v) is 1.65. The van der Waals surface area contributed by atoms with Gasteiger partial charge in [-0.3, -0.25) is 0 Å². The van der Waals surface area contributed by atoms with Crippen LogP contribution in [0.15, 0.2) is 24.3 Å². The van der Waals surface area contributed by atoms with Crippen LogP contribution < -0.4 is 15.4 Å². The average molecular weight is 308 g/mol. The number of hydrogen-bond acceptors (Lipinski definition) is 4. The van der Waals surface area contributed by atoms with Crippen molar-refractivity contribution in [3.63, 3.8) is 0 Å². The molecule has 0 radical (unpaired) electrons. The van der Waals surface area contributed by atoms with Gasteiger partial charge in [-0.15, -0.1) is 0 Å². The van der Waals surface area contributed by atoms with Crippen molar-refractivity contribution in [2.45, 2.75) is 40.2 Å². The van der Waals surface area contributed by atoms with Gasteiger partial charge >= 0.3 is 6.09 Å². The number of rotatable bonds is 7. The first-order valence-corrected chi connectivity index (χ1v) is 7.70. The van der Waals surface area contributed by atoms with Crippen molar-refractivity contribution in [1.29, 1.82) is 0 Å². The van der Waals surface area contributed by atoms with Crippen LogP contribution in [0.4, 0.5) is 10.5 Å². The van der Waals surface area contributed by atoms with Crippen molar-refractivity contribution < 1.29 is 14.3 Å². The monoisotopic (exact) mass is 308 g/mol. The molecule has 1 aromatic carbocycles. The van der Waals surface area contributed by atoms with E-state index in [1.807, 2.05) is 45.0 Å². The minimum Gasteiger partial charge on any atom is -0.492 e. The number of ether oxygens (including phenoxy) is 2. The smallest absolute Gasteiger partial charge is 0.407 e. The van der Waals surface area contributed by atoms with Gasteiger partial charge in [-0.2, -0.15) is 0 Å². The third-order valence-corrected chi connectivity index (χ3v) is 2.59. The fraction of sp³-hybridized carbons (Fsp3) is 0.588. The van der Waals surface area contributed by atoms with E-state index in [0.717, 1.165) is 18.0 Å². The summed E-state index contributed by atoms with van der Waals surface area (Å²) in [5.74, 6) is 1.36. The lowest BCUT2D eigenvalue weighted by atomic mass is 10.2. The Morgan fingerprint density at radius 3 is 2.64 bits per heavy atom. The van der Waals surface area contributed by atoms with Gasteiger partial charge < -0.3 is 20.1 Å². The third-order valence-electron chi connectivity index (χ3n) is 2.59. The first-order valence-electron chi connectivity index (χ1n) is 7.70. The highest BCUT2D eigenvalue weighted by Crippen LogP contribution is 2.17. The van der Waals surface area contributed by atoms with Gasteiger partial charge in [0, 0.05) is 18.3 Å². The molecule has 0 saturated heterocycles. The van der Waals surface area contributed by atoms with Crippen molar-refractivity contribution in [3.05, 3.63) is 24.3 Å². The lowest BCUT2D eigenvalue weighted by Crippen LogP contribution is -2.34. The van der Waals surface area contributed by atoms with Gasteiger partial charge in [0.25, 0.3) is 0 Å². The second-order valence-electron chi connectivity index (χ2n) is 6.58. The Morgan fingerprint density at radius 2 is 2.00 bits per heavy atom. The summed E-state index contributed by atoms with van der Waals surface area (Å²) < 4.78 is 10.8. The summed E-state index contributed by atoms with van der Waals surface area (Å²) >= 11 is 0. The number of hydrogen-bond donors (Lipinski definition) is 2. The average Bonchev–Trinajstić information content (AvgIpc) is 2.40. The van der Waals surface area contributed by atoms with E-state index in [0.29, 0.717) is 19.1 Å². The van der Waals surface area contributed by atoms with Gasteiger partial charge in [-0.25, -0.2) is 4.79 Å². The minimum atomic E-state index is -0.485. The van der Waals surface area contributed by atoms with Gasteiger partial charge in [0.05, 0.1) is 6.54 Å². The predicted molar refractivity (Wildman–Crippen MR) is 89.5 cm³/mol. The maximum absolute atomic E-state index is 11.5. The van der Waals surface area contributed by atoms with Crippen LogP contribution in [0.25, 0.3) is 0 Å². The predicted octanol–water partition coefficient (Wildman–Crippen LogP) is 3.66. The van der Waals surface area contributed by atoms with Gasteiger partial charge in [-0.05, 0) is 38.8 Å². The molecule has 0 aliphatic rings. The number of amides is 1. The van der Waals surface area contributed by atoms with Crippen molar-refractivity contribution in [3.8, 4) is 5.75 Å². The van der Waals surface area contributed by atoms with E-state index in [4.69, 9.17) is 9.47 Å². The lowest BCUT2D eigenvalue weighted by Gasteiger charge is -2.19. The number of carbonyl (C=O) groups excluding carboxylic acids is 1. The van der Waals surface area contributed by atoms with Crippen LogP contribution in [0, 0.1) is 5.92 Å². The molecule has 0 saturated carbocycles. The molecular weight excluding hydrogens is 280 g/mol. The van der Waals surface area contributed by atoms with Crippen molar-refractivity contribution >= 4 is 11.8 Å². The Bertz CT molecular complexity index is 467. The quantitative estimate of drug-likeness (QED) is 0.755. The van der Waals surface area contributed by atoms with Crippen molar-refractivity contribution in [1.82, 2.24) is 5.32 Å². The summed E-state index contributed by atoms with van der Waals surface area (Å²) in [6, 6.07) is 7.80. The van der Waals surface area contributed by atoms with Gasteiger partial charge in [0.1, 0.15) is 18.0 Å². The largest absolute Gasteiger partial charge is 0.492 e.